The van der Waals surface area contributed by atoms with Crippen molar-refractivity contribution in [2.24, 2.45) is 5.92 Å². The molecule has 2 aromatic carbocycles. The molecule has 0 bridgehead atoms. The fourth-order valence-corrected chi connectivity index (χ4v) is 6.76. The van der Waals surface area contributed by atoms with Gasteiger partial charge in [0.1, 0.15) is 5.76 Å². The van der Waals surface area contributed by atoms with Gasteiger partial charge in [0.25, 0.3) is 0 Å². The van der Waals surface area contributed by atoms with Crippen molar-refractivity contribution in [2.75, 3.05) is 13.7 Å². The molecule has 0 saturated heterocycles. The second kappa shape index (κ2) is 11.0. The van der Waals surface area contributed by atoms with Gasteiger partial charge in [-0.1, -0.05) is 62.7 Å². The summed E-state index contributed by atoms with van der Waals surface area (Å²) in [6.45, 7) is 3.88. The molecule has 7 heteroatoms. The summed E-state index contributed by atoms with van der Waals surface area (Å²) in [5.41, 5.74) is 4.11. The number of fused-ring (bicyclic) bond motifs is 1. The molecule has 0 aromatic heterocycles. The fraction of sp³-hybridized carbons (Fsp3) is 0.414. The highest BCUT2D eigenvalue weighted by Gasteiger charge is 2.38. The maximum atomic E-state index is 13.9. The second-order valence-electron chi connectivity index (χ2n) is 9.96. The van der Waals surface area contributed by atoms with Crippen LogP contribution in [0, 0.1) is 5.92 Å². The van der Waals surface area contributed by atoms with Crippen LogP contribution in [-0.4, -0.2) is 43.5 Å². The Hall–Kier alpha value is -2.90. The van der Waals surface area contributed by atoms with Crippen LogP contribution in [0.1, 0.15) is 57.4 Å². The summed E-state index contributed by atoms with van der Waals surface area (Å²) >= 11 is 0. The van der Waals surface area contributed by atoms with E-state index in [4.69, 9.17) is 9.84 Å². The summed E-state index contributed by atoms with van der Waals surface area (Å²) in [6, 6.07) is 15.2. The number of allylic oxidation sites excluding steroid dienone is 2. The lowest BCUT2D eigenvalue weighted by atomic mass is 9.83. The van der Waals surface area contributed by atoms with Gasteiger partial charge >= 0.3 is 5.97 Å². The lowest BCUT2D eigenvalue weighted by molar-refractivity contribution is -0.140. The normalized spacial score (nSPS) is 20.4. The first-order valence-corrected chi connectivity index (χ1v) is 14.0. The number of carboxylic acid groups (broad SMARTS) is 1. The molecule has 0 radical (unpaired) electrons. The third-order valence-corrected chi connectivity index (χ3v) is 9.18. The SMILES string of the molecule is CC(C)c1cccc(-c2cccc(S(=O)(=O)N(C)C3CCCCC4=C(OCC(=O)O)C=CCC43)c2)c1. The van der Waals surface area contributed by atoms with Gasteiger partial charge in [-0.2, -0.15) is 4.31 Å². The molecule has 0 heterocycles. The largest absolute Gasteiger partial charge is 0.482 e. The van der Waals surface area contributed by atoms with Gasteiger partial charge in [-0.25, -0.2) is 13.2 Å². The van der Waals surface area contributed by atoms with Crippen LogP contribution in [0.4, 0.5) is 0 Å². The van der Waals surface area contributed by atoms with Crippen molar-refractivity contribution in [2.45, 2.75) is 62.8 Å². The van der Waals surface area contributed by atoms with Crippen molar-refractivity contribution >= 4 is 16.0 Å². The van der Waals surface area contributed by atoms with E-state index in [1.807, 2.05) is 30.4 Å². The molecule has 1 N–H and O–H groups in total. The Morgan fingerprint density at radius 2 is 1.83 bits per heavy atom. The molecular formula is C29H35NO5S. The van der Waals surface area contributed by atoms with Crippen LogP contribution >= 0.6 is 0 Å². The Kier molecular flexibility index (Phi) is 8.00. The van der Waals surface area contributed by atoms with Crippen LogP contribution in [0.3, 0.4) is 0 Å². The van der Waals surface area contributed by atoms with Gasteiger partial charge in [0, 0.05) is 19.0 Å². The van der Waals surface area contributed by atoms with Gasteiger partial charge in [-0.05, 0) is 72.1 Å². The highest BCUT2D eigenvalue weighted by atomic mass is 32.2. The minimum atomic E-state index is -3.75. The van der Waals surface area contributed by atoms with E-state index in [0.717, 1.165) is 42.4 Å². The smallest absolute Gasteiger partial charge is 0.341 e. The maximum absolute atomic E-state index is 13.9. The summed E-state index contributed by atoms with van der Waals surface area (Å²) in [6.07, 6.45) is 7.87. The van der Waals surface area contributed by atoms with Crippen LogP contribution in [0.2, 0.25) is 0 Å². The lowest BCUT2D eigenvalue weighted by Crippen LogP contribution is -2.42. The highest BCUT2D eigenvalue weighted by Crippen LogP contribution is 2.40. The number of carbonyl (C=O) groups is 1. The molecule has 2 unspecified atom stereocenters. The molecule has 0 aliphatic heterocycles. The van der Waals surface area contributed by atoms with Gasteiger partial charge in [0.15, 0.2) is 6.61 Å². The summed E-state index contributed by atoms with van der Waals surface area (Å²) in [5, 5.41) is 9.06. The Morgan fingerprint density at radius 3 is 2.56 bits per heavy atom. The van der Waals surface area contributed by atoms with E-state index in [2.05, 4.69) is 26.0 Å². The number of rotatable bonds is 8. The Morgan fingerprint density at radius 1 is 1.11 bits per heavy atom. The van der Waals surface area contributed by atoms with Crippen molar-refractivity contribution in [1.82, 2.24) is 4.31 Å². The number of ether oxygens (including phenoxy) is 1. The Labute approximate surface area is 214 Å². The van der Waals surface area contributed by atoms with Crippen molar-refractivity contribution in [3.63, 3.8) is 0 Å². The van der Waals surface area contributed by atoms with Crippen LogP contribution in [0.15, 0.2) is 76.9 Å². The maximum Gasteiger partial charge on any atom is 0.341 e. The van der Waals surface area contributed by atoms with E-state index in [9.17, 15) is 13.2 Å². The number of benzene rings is 2. The van der Waals surface area contributed by atoms with Crippen molar-refractivity contribution in [1.29, 1.82) is 0 Å². The average molecular weight is 510 g/mol. The van der Waals surface area contributed by atoms with Gasteiger partial charge in [0.05, 0.1) is 4.90 Å². The van der Waals surface area contributed by atoms with Gasteiger partial charge < -0.3 is 9.84 Å². The van der Waals surface area contributed by atoms with E-state index in [1.165, 1.54) is 9.87 Å². The van der Waals surface area contributed by atoms with Crippen LogP contribution in [0.5, 0.6) is 0 Å². The monoisotopic (exact) mass is 509 g/mol. The number of hydrogen-bond donors (Lipinski definition) is 1. The molecule has 0 spiro atoms. The van der Waals surface area contributed by atoms with Crippen molar-refractivity contribution < 1.29 is 23.1 Å². The molecule has 192 valence electrons. The number of hydrogen-bond acceptors (Lipinski definition) is 4. The standard InChI is InChI=1S/C29H35NO5S/c1-20(2)21-9-6-10-22(17-21)23-11-7-12-24(18-23)36(33,34)30(3)27-15-5-4-13-26-25(27)14-8-16-28(26)35-19-29(31)32/h6-12,16-18,20,25,27H,4-5,13-15,19H2,1-3H3,(H,31,32). The van der Waals surface area contributed by atoms with Crippen LogP contribution in [0.25, 0.3) is 11.1 Å². The van der Waals surface area contributed by atoms with Gasteiger partial charge in [-0.3, -0.25) is 0 Å². The van der Waals surface area contributed by atoms with E-state index >= 15 is 0 Å². The molecule has 2 aliphatic carbocycles. The lowest BCUT2D eigenvalue weighted by Gasteiger charge is -2.35. The van der Waals surface area contributed by atoms with Crippen LogP contribution < -0.4 is 0 Å². The zero-order valence-electron chi connectivity index (χ0n) is 21.2. The average Bonchev–Trinajstić information content (AvgIpc) is 3.10. The molecule has 1 saturated carbocycles. The van der Waals surface area contributed by atoms with E-state index < -0.39 is 22.6 Å². The minimum absolute atomic E-state index is 0.0352. The van der Waals surface area contributed by atoms with E-state index in [0.29, 0.717) is 18.1 Å². The van der Waals surface area contributed by atoms with E-state index in [-0.39, 0.29) is 16.9 Å². The Bertz CT molecular complexity index is 1280. The molecule has 2 atom stereocenters. The molecule has 2 aliphatic rings. The number of sulfonamides is 1. The molecule has 36 heavy (non-hydrogen) atoms. The summed E-state index contributed by atoms with van der Waals surface area (Å²) in [7, 11) is -2.08. The summed E-state index contributed by atoms with van der Waals surface area (Å²) in [4.78, 5) is 11.3. The second-order valence-corrected chi connectivity index (χ2v) is 12.0. The van der Waals surface area contributed by atoms with Gasteiger partial charge in [0.2, 0.25) is 10.0 Å². The predicted molar refractivity (Wildman–Crippen MR) is 141 cm³/mol. The first-order chi connectivity index (χ1) is 17.2. The minimum Gasteiger partial charge on any atom is -0.482 e. The number of aliphatic carboxylic acids is 1. The molecule has 2 aromatic rings. The van der Waals surface area contributed by atoms with Crippen LogP contribution in [-0.2, 0) is 19.6 Å². The molecular weight excluding hydrogens is 474 g/mol. The predicted octanol–water partition coefficient (Wildman–Crippen LogP) is 5.97. The van der Waals surface area contributed by atoms with Crippen molar-refractivity contribution in [3.05, 3.63) is 77.6 Å². The number of nitrogens with zero attached hydrogens (tertiary/aromatic N) is 1. The van der Waals surface area contributed by atoms with E-state index in [1.54, 1.807) is 25.2 Å². The zero-order valence-corrected chi connectivity index (χ0v) is 22.0. The molecule has 1 fully saturated rings. The summed E-state index contributed by atoms with van der Waals surface area (Å²) in [5.74, 6) is -0.0953. The Balaban J connectivity index is 1.64. The summed E-state index contributed by atoms with van der Waals surface area (Å²) < 4.78 is 34.8. The third kappa shape index (κ3) is 5.57. The first kappa shape index (κ1) is 26.2. The highest BCUT2D eigenvalue weighted by molar-refractivity contribution is 7.89. The quantitative estimate of drug-likeness (QED) is 0.474. The number of carboxylic acids is 1. The third-order valence-electron chi connectivity index (χ3n) is 7.30. The van der Waals surface area contributed by atoms with Crippen molar-refractivity contribution in [3.8, 4) is 11.1 Å². The molecule has 6 nitrogen and oxygen atoms in total. The van der Waals surface area contributed by atoms with Gasteiger partial charge in [-0.15, -0.1) is 0 Å². The fourth-order valence-electron chi connectivity index (χ4n) is 5.30. The molecule has 4 rings (SSSR count). The zero-order chi connectivity index (χ0) is 25.9. The topological polar surface area (TPSA) is 83.9 Å². The first-order valence-electron chi connectivity index (χ1n) is 12.6. The molecule has 0 amide bonds.